The number of likely N-dealkylation sites (tertiary alicyclic amines) is 1. The van der Waals surface area contributed by atoms with Gasteiger partial charge < -0.3 is 20.1 Å². The summed E-state index contributed by atoms with van der Waals surface area (Å²) in [6, 6.07) is 0. The molecule has 98 valence electrons. The second-order valence-electron chi connectivity index (χ2n) is 5.18. The first-order chi connectivity index (χ1) is 8.06. The Morgan fingerprint density at radius 1 is 1.47 bits per heavy atom. The van der Waals surface area contributed by atoms with Gasteiger partial charge in [-0.25, -0.2) is 0 Å². The maximum Gasteiger partial charge on any atom is 0.225 e. The smallest absolute Gasteiger partial charge is 0.225 e. The number of piperidine rings is 1. The number of hydrogen-bond acceptors (Lipinski definition) is 4. The van der Waals surface area contributed by atoms with Crippen LogP contribution in [0.1, 0.15) is 26.7 Å². The Hall–Kier alpha value is -0.650. The second kappa shape index (κ2) is 4.92. The van der Waals surface area contributed by atoms with Crippen molar-refractivity contribution in [2.45, 2.75) is 38.6 Å². The van der Waals surface area contributed by atoms with E-state index >= 15 is 0 Å². The van der Waals surface area contributed by atoms with Gasteiger partial charge in [0.1, 0.15) is 0 Å². The predicted molar refractivity (Wildman–Crippen MR) is 63.3 cm³/mol. The molecule has 1 amide bonds. The first-order valence-electron chi connectivity index (χ1n) is 6.37. The minimum absolute atomic E-state index is 0.0161. The highest BCUT2D eigenvalue weighted by Gasteiger charge is 2.44. The van der Waals surface area contributed by atoms with Crippen molar-refractivity contribution >= 4 is 5.91 Å². The van der Waals surface area contributed by atoms with Gasteiger partial charge in [0.25, 0.3) is 0 Å². The summed E-state index contributed by atoms with van der Waals surface area (Å²) in [5, 5.41) is 0. The molecule has 1 unspecified atom stereocenters. The number of carbonyl (C=O) groups is 1. The van der Waals surface area contributed by atoms with E-state index in [1.165, 1.54) is 0 Å². The van der Waals surface area contributed by atoms with E-state index < -0.39 is 5.79 Å². The molecule has 0 bridgehead atoms. The zero-order chi connectivity index (χ0) is 12.5. The lowest BCUT2D eigenvalue weighted by Crippen LogP contribution is -2.48. The van der Waals surface area contributed by atoms with Gasteiger partial charge in [-0.3, -0.25) is 4.79 Å². The molecule has 1 atom stereocenters. The van der Waals surface area contributed by atoms with Crippen molar-refractivity contribution in [1.29, 1.82) is 0 Å². The van der Waals surface area contributed by atoms with Crippen LogP contribution in [0.25, 0.3) is 0 Å². The molecule has 0 radical (unpaired) electrons. The fourth-order valence-electron chi connectivity index (χ4n) is 2.43. The van der Waals surface area contributed by atoms with E-state index in [-0.39, 0.29) is 17.9 Å². The van der Waals surface area contributed by atoms with Crippen LogP contribution in [0, 0.1) is 5.92 Å². The average Bonchev–Trinajstić information content (AvgIpc) is 2.73. The number of carbonyl (C=O) groups excluding carboxylic acids is 1. The van der Waals surface area contributed by atoms with Crippen molar-refractivity contribution in [1.82, 2.24) is 4.90 Å². The second-order valence-corrected chi connectivity index (χ2v) is 5.18. The van der Waals surface area contributed by atoms with Crippen LogP contribution in [0.3, 0.4) is 0 Å². The molecule has 5 nitrogen and oxygen atoms in total. The lowest BCUT2D eigenvalue weighted by molar-refractivity contribution is -0.195. The number of nitrogens with zero attached hydrogens (tertiary/aromatic N) is 1. The van der Waals surface area contributed by atoms with Crippen LogP contribution < -0.4 is 5.73 Å². The Bertz CT molecular complexity index is 285. The Kier molecular flexibility index (Phi) is 3.70. The molecule has 0 aromatic rings. The highest BCUT2D eigenvalue weighted by molar-refractivity contribution is 5.78. The fraction of sp³-hybridized carbons (Fsp3) is 0.917. The third-order valence-electron chi connectivity index (χ3n) is 3.51. The zero-order valence-electron chi connectivity index (χ0n) is 10.6. The van der Waals surface area contributed by atoms with Crippen LogP contribution in [-0.2, 0) is 14.3 Å². The standard InChI is InChI=1S/C12H22N2O3/c1-9(2)11(15)14-5-3-12(4-6-14)16-8-10(7-13)17-12/h9-10H,3-8,13H2,1-2H3. The van der Waals surface area contributed by atoms with Crippen LogP contribution in [0.5, 0.6) is 0 Å². The van der Waals surface area contributed by atoms with Crippen molar-refractivity contribution in [3.63, 3.8) is 0 Å². The molecule has 2 saturated heterocycles. The van der Waals surface area contributed by atoms with Crippen molar-refractivity contribution in [3.05, 3.63) is 0 Å². The molecule has 2 N–H and O–H groups in total. The summed E-state index contributed by atoms with van der Waals surface area (Å²) in [5.41, 5.74) is 5.57. The number of ether oxygens (including phenoxy) is 2. The average molecular weight is 242 g/mol. The molecular weight excluding hydrogens is 220 g/mol. The van der Waals surface area contributed by atoms with Gasteiger partial charge >= 0.3 is 0 Å². The SMILES string of the molecule is CC(C)C(=O)N1CCC2(CC1)OCC(CN)O2. The van der Waals surface area contributed by atoms with Crippen LogP contribution in [0.2, 0.25) is 0 Å². The summed E-state index contributed by atoms with van der Waals surface area (Å²) in [6.45, 7) is 6.37. The molecule has 0 aliphatic carbocycles. The molecule has 2 aliphatic heterocycles. The molecule has 2 heterocycles. The van der Waals surface area contributed by atoms with Crippen molar-refractivity contribution in [2.75, 3.05) is 26.2 Å². The van der Waals surface area contributed by atoms with Gasteiger partial charge in [-0.05, 0) is 0 Å². The maximum absolute atomic E-state index is 11.8. The highest BCUT2D eigenvalue weighted by atomic mass is 16.7. The van der Waals surface area contributed by atoms with Gasteiger partial charge in [0.2, 0.25) is 5.91 Å². The number of amides is 1. The van der Waals surface area contributed by atoms with Crippen molar-refractivity contribution in [2.24, 2.45) is 11.7 Å². The molecule has 0 saturated carbocycles. The molecule has 1 spiro atoms. The largest absolute Gasteiger partial charge is 0.347 e. The third-order valence-corrected chi connectivity index (χ3v) is 3.51. The lowest BCUT2D eigenvalue weighted by atomic mass is 10.0. The quantitative estimate of drug-likeness (QED) is 0.758. The summed E-state index contributed by atoms with van der Waals surface area (Å²) in [5.74, 6) is -0.197. The Morgan fingerprint density at radius 3 is 2.59 bits per heavy atom. The van der Waals surface area contributed by atoms with E-state index in [0.29, 0.717) is 26.2 Å². The first-order valence-corrected chi connectivity index (χ1v) is 6.37. The summed E-state index contributed by atoms with van der Waals surface area (Å²) < 4.78 is 11.6. The molecule has 2 aliphatic rings. The van der Waals surface area contributed by atoms with E-state index in [1.807, 2.05) is 18.7 Å². The molecular formula is C12H22N2O3. The number of hydrogen-bond donors (Lipinski definition) is 1. The fourth-order valence-corrected chi connectivity index (χ4v) is 2.43. The Balaban J connectivity index is 1.88. The molecule has 5 heteroatoms. The predicted octanol–water partition coefficient (Wildman–Crippen LogP) is 0.335. The van der Waals surface area contributed by atoms with Crippen LogP contribution in [0.4, 0.5) is 0 Å². The van der Waals surface area contributed by atoms with Crippen LogP contribution in [-0.4, -0.2) is 48.9 Å². The molecule has 2 fully saturated rings. The van der Waals surface area contributed by atoms with Crippen molar-refractivity contribution < 1.29 is 14.3 Å². The van der Waals surface area contributed by atoms with E-state index in [4.69, 9.17) is 15.2 Å². The van der Waals surface area contributed by atoms with Gasteiger partial charge in [-0.15, -0.1) is 0 Å². The molecule has 0 aromatic heterocycles. The first kappa shape index (κ1) is 12.8. The minimum Gasteiger partial charge on any atom is -0.347 e. The van der Waals surface area contributed by atoms with E-state index in [0.717, 1.165) is 12.8 Å². The van der Waals surface area contributed by atoms with Crippen LogP contribution in [0.15, 0.2) is 0 Å². The molecule has 17 heavy (non-hydrogen) atoms. The lowest BCUT2D eigenvalue weighted by Gasteiger charge is -2.38. The van der Waals surface area contributed by atoms with E-state index in [1.54, 1.807) is 0 Å². The summed E-state index contributed by atoms with van der Waals surface area (Å²) in [7, 11) is 0. The van der Waals surface area contributed by atoms with Gasteiger partial charge in [-0.1, -0.05) is 13.8 Å². The van der Waals surface area contributed by atoms with Crippen LogP contribution >= 0.6 is 0 Å². The summed E-state index contributed by atoms with van der Waals surface area (Å²) in [4.78, 5) is 13.7. The topological polar surface area (TPSA) is 64.8 Å². The summed E-state index contributed by atoms with van der Waals surface area (Å²) >= 11 is 0. The monoisotopic (exact) mass is 242 g/mol. The normalized spacial score (nSPS) is 28.0. The third kappa shape index (κ3) is 2.61. The number of rotatable bonds is 2. The Morgan fingerprint density at radius 2 is 2.12 bits per heavy atom. The van der Waals surface area contributed by atoms with Gasteiger partial charge in [0.15, 0.2) is 5.79 Å². The van der Waals surface area contributed by atoms with Gasteiger partial charge in [-0.2, -0.15) is 0 Å². The summed E-state index contributed by atoms with van der Waals surface area (Å²) in [6.07, 6.45) is 1.52. The van der Waals surface area contributed by atoms with E-state index in [2.05, 4.69) is 0 Å². The van der Waals surface area contributed by atoms with Crippen molar-refractivity contribution in [3.8, 4) is 0 Å². The highest BCUT2D eigenvalue weighted by Crippen LogP contribution is 2.34. The number of nitrogens with two attached hydrogens (primary N) is 1. The maximum atomic E-state index is 11.8. The molecule has 2 rings (SSSR count). The van der Waals surface area contributed by atoms with E-state index in [9.17, 15) is 4.79 Å². The zero-order valence-corrected chi connectivity index (χ0v) is 10.6. The Labute approximate surface area is 102 Å². The molecule has 0 aromatic carbocycles. The van der Waals surface area contributed by atoms with Gasteiger partial charge in [0, 0.05) is 38.4 Å². The van der Waals surface area contributed by atoms with Gasteiger partial charge in [0.05, 0.1) is 12.7 Å². The minimum atomic E-state index is -0.474.